The molecule has 0 unspecified atom stereocenters. The third-order valence-electron chi connectivity index (χ3n) is 12.3. The highest BCUT2D eigenvalue weighted by atomic mass is 32.1. The van der Waals surface area contributed by atoms with Crippen molar-refractivity contribution in [1.82, 2.24) is 15.0 Å². The Bertz CT molecular complexity index is 3890. The van der Waals surface area contributed by atoms with Crippen molar-refractivity contribution in [2.45, 2.75) is 0 Å². The minimum atomic E-state index is 0.650. The Morgan fingerprint density at radius 2 is 0.677 bits per heavy atom. The van der Waals surface area contributed by atoms with Crippen molar-refractivity contribution in [2.24, 2.45) is 0 Å². The van der Waals surface area contributed by atoms with Crippen LogP contribution in [-0.2, 0) is 0 Å². The molecule has 10 aromatic carbocycles. The Balaban J connectivity index is 0.924. The van der Waals surface area contributed by atoms with Gasteiger partial charge in [-0.15, -0.1) is 22.7 Å². The molecule has 0 radical (unpaired) electrons. The first-order chi connectivity index (χ1) is 30.7. The first kappa shape index (κ1) is 35.2. The fourth-order valence-corrected chi connectivity index (χ4v) is 11.7. The van der Waals surface area contributed by atoms with Crippen molar-refractivity contribution in [2.75, 3.05) is 0 Å². The lowest BCUT2D eigenvalue weighted by Crippen LogP contribution is -2.00. The number of benzene rings is 10. The molecular formula is C57H33N3S2. The van der Waals surface area contributed by atoms with Gasteiger partial charge in [0, 0.05) is 57.0 Å². The van der Waals surface area contributed by atoms with Gasteiger partial charge in [-0.05, 0) is 91.0 Å². The zero-order chi connectivity index (χ0) is 40.7. The summed E-state index contributed by atoms with van der Waals surface area (Å²) in [5.41, 5.74) is 7.71. The van der Waals surface area contributed by atoms with Gasteiger partial charge in [-0.1, -0.05) is 164 Å². The summed E-state index contributed by atoms with van der Waals surface area (Å²) in [6.07, 6.45) is 0. The van der Waals surface area contributed by atoms with Crippen LogP contribution >= 0.6 is 22.7 Å². The van der Waals surface area contributed by atoms with Crippen molar-refractivity contribution >= 4 is 95.3 Å². The second-order valence-electron chi connectivity index (χ2n) is 15.9. The minimum Gasteiger partial charge on any atom is -0.208 e. The van der Waals surface area contributed by atoms with Gasteiger partial charge in [-0.3, -0.25) is 0 Å². The predicted octanol–water partition coefficient (Wildman–Crippen LogP) is 16.4. The summed E-state index contributed by atoms with van der Waals surface area (Å²) in [5, 5.41) is 12.7. The molecule has 0 aliphatic carbocycles. The largest absolute Gasteiger partial charge is 0.208 e. The molecule has 0 saturated heterocycles. The lowest BCUT2D eigenvalue weighted by molar-refractivity contribution is 1.08. The van der Waals surface area contributed by atoms with Crippen LogP contribution in [0.5, 0.6) is 0 Å². The number of aromatic nitrogens is 3. The van der Waals surface area contributed by atoms with Gasteiger partial charge in [-0.2, -0.15) is 0 Å². The number of hydrogen-bond donors (Lipinski definition) is 0. The molecule has 62 heavy (non-hydrogen) atoms. The maximum absolute atomic E-state index is 5.19. The maximum Gasteiger partial charge on any atom is 0.164 e. The lowest BCUT2D eigenvalue weighted by Gasteiger charge is -2.12. The molecule has 0 aliphatic rings. The van der Waals surface area contributed by atoms with Gasteiger partial charge in [-0.25, -0.2) is 15.0 Å². The standard InChI is InChI=1S/C57H33N3S2/c1-2-12-35(13-3-1)55-58-56(60-57(59-55)46-20-11-23-52-54(46)45-18-8-9-21-49(45)61-52)36-26-24-34(25-27-36)39-19-10-22-51-53(39)48-33-38(29-31-50(48)62-51)37-28-30-44-42-16-5-4-14-40(42)41-15-6-7-17-43(41)47(44)32-37/h1-33H. The first-order valence-corrected chi connectivity index (χ1v) is 22.5. The van der Waals surface area contributed by atoms with Crippen LogP contribution < -0.4 is 0 Å². The molecule has 3 nitrogen and oxygen atoms in total. The summed E-state index contributed by atoms with van der Waals surface area (Å²) in [6, 6.07) is 72.2. The molecule has 3 heterocycles. The predicted molar refractivity (Wildman–Crippen MR) is 265 cm³/mol. The van der Waals surface area contributed by atoms with Crippen molar-refractivity contribution in [3.05, 3.63) is 200 Å². The third-order valence-corrected chi connectivity index (χ3v) is 14.6. The van der Waals surface area contributed by atoms with Crippen molar-refractivity contribution in [3.8, 4) is 56.4 Å². The first-order valence-electron chi connectivity index (χ1n) is 20.8. The van der Waals surface area contributed by atoms with Crippen molar-refractivity contribution < 1.29 is 0 Å². The number of fused-ring (bicyclic) bond motifs is 12. The van der Waals surface area contributed by atoms with Crippen molar-refractivity contribution in [1.29, 1.82) is 0 Å². The molecule has 0 bridgehead atoms. The second kappa shape index (κ2) is 14.0. The van der Waals surface area contributed by atoms with E-state index in [1.807, 2.05) is 29.5 Å². The Morgan fingerprint density at radius 1 is 0.242 bits per heavy atom. The van der Waals surface area contributed by atoms with Gasteiger partial charge in [0.15, 0.2) is 17.5 Å². The van der Waals surface area contributed by atoms with Crippen LogP contribution in [0.3, 0.4) is 0 Å². The van der Waals surface area contributed by atoms with E-state index in [1.165, 1.54) is 89.4 Å². The number of thiophene rings is 2. The fourth-order valence-electron chi connectivity index (χ4n) is 9.44. The Kier molecular flexibility index (Phi) is 7.95. The molecule has 0 aliphatic heterocycles. The van der Waals surface area contributed by atoms with Gasteiger partial charge in [0.05, 0.1) is 0 Å². The molecule has 0 saturated carbocycles. The zero-order valence-corrected chi connectivity index (χ0v) is 34.8. The van der Waals surface area contributed by atoms with Crippen LogP contribution in [0.2, 0.25) is 0 Å². The third kappa shape index (κ3) is 5.60. The lowest BCUT2D eigenvalue weighted by atomic mass is 9.91. The van der Waals surface area contributed by atoms with Gasteiger partial charge in [0.2, 0.25) is 0 Å². The van der Waals surface area contributed by atoms with Gasteiger partial charge >= 0.3 is 0 Å². The molecule has 0 atom stereocenters. The molecule has 13 rings (SSSR count). The van der Waals surface area contributed by atoms with Crippen LogP contribution in [0.15, 0.2) is 200 Å². The molecule has 0 fully saturated rings. The van der Waals surface area contributed by atoms with Gasteiger partial charge < -0.3 is 0 Å². The van der Waals surface area contributed by atoms with Gasteiger partial charge in [0.25, 0.3) is 0 Å². The summed E-state index contributed by atoms with van der Waals surface area (Å²) >= 11 is 3.66. The topological polar surface area (TPSA) is 38.7 Å². The quantitative estimate of drug-likeness (QED) is 0.162. The van der Waals surface area contributed by atoms with E-state index in [4.69, 9.17) is 15.0 Å². The highest BCUT2D eigenvalue weighted by molar-refractivity contribution is 7.26. The minimum absolute atomic E-state index is 0.650. The summed E-state index contributed by atoms with van der Waals surface area (Å²) < 4.78 is 5.03. The fraction of sp³-hybridized carbons (Fsp3) is 0. The highest BCUT2D eigenvalue weighted by Crippen LogP contribution is 2.44. The molecule has 288 valence electrons. The molecule has 0 N–H and O–H groups in total. The van der Waals surface area contributed by atoms with E-state index in [0.29, 0.717) is 17.5 Å². The summed E-state index contributed by atoms with van der Waals surface area (Å²) in [7, 11) is 0. The monoisotopic (exact) mass is 823 g/mol. The summed E-state index contributed by atoms with van der Waals surface area (Å²) in [4.78, 5) is 15.4. The van der Waals surface area contributed by atoms with E-state index >= 15 is 0 Å². The SMILES string of the molecule is c1ccc(-c2nc(-c3ccc(-c4cccc5sc6ccc(-c7ccc8c9ccccc9c9ccccc9c8c7)cc6c45)cc3)nc(-c3cccc4sc5ccccc5c34)n2)cc1. The number of rotatable bonds is 5. The molecule has 5 heteroatoms. The van der Waals surface area contributed by atoms with Crippen LogP contribution in [0.25, 0.3) is 129 Å². The molecular weight excluding hydrogens is 791 g/mol. The Hall–Kier alpha value is -7.57. The van der Waals surface area contributed by atoms with Crippen LogP contribution in [0, 0.1) is 0 Å². The Labute approximate surface area is 364 Å². The summed E-state index contributed by atoms with van der Waals surface area (Å²) in [5.74, 6) is 1.98. The average molecular weight is 824 g/mol. The van der Waals surface area contributed by atoms with E-state index in [1.54, 1.807) is 11.3 Å². The van der Waals surface area contributed by atoms with Crippen LogP contribution in [0.1, 0.15) is 0 Å². The van der Waals surface area contributed by atoms with E-state index < -0.39 is 0 Å². The number of hydrogen-bond acceptors (Lipinski definition) is 5. The number of nitrogens with zero attached hydrogens (tertiary/aromatic N) is 3. The van der Waals surface area contributed by atoms with E-state index in [2.05, 4.69) is 182 Å². The van der Waals surface area contributed by atoms with Gasteiger partial charge in [0.1, 0.15) is 0 Å². The van der Waals surface area contributed by atoms with E-state index in [9.17, 15) is 0 Å². The molecule has 0 spiro atoms. The molecule has 3 aromatic heterocycles. The zero-order valence-electron chi connectivity index (χ0n) is 33.2. The van der Waals surface area contributed by atoms with Crippen molar-refractivity contribution in [3.63, 3.8) is 0 Å². The Morgan fingerprint density at radius 3 is 1.35 bits per heavy atom. The molecule has 0 amide bonds. The van der Waals surface area contributed by atoms with Crippen LogP contribution in [-0.4, -0.2) is 15.0 Å². The van der Waals surface area contributed by atoms with E-state index in [0.717, 1.165) is 22.3 Å². The second-order valence-corrected chi connectivity index (χ2v) is 18.0. The van der Waals surface area contributed by atoms with Crippen LogP contribution in [0.4, 0.5) is 0 Å². The summed E-state index contributed by atoms with van der Waals surface area (Å²) in [6.45, 7) is 0. The average Bonchev–Trinajstić information content (AvgIpc) is 3.93. The normalized spacial score (nSPS) is 11.9. The van der Waals surface area contributed by atoms with E-state index in [-0.39, 0.29) is 0 Å². The highest BCUT2D eigenvalue weighted by Gasteiger charge is 2.18. The molecule has 13 aromatic rings. The smallest absolute Gasteiger partial charge is 0.164 e. The maximum atomic E-state index is 5.19.